The van der Waals surface area contributed by atoms with Crippen LogP contribution in [0.1, 0.15) is 21.5 Å². The van der Waals surface area contributed by atoms with E-state index >= 15 is 0 Å². The Bertz CT molecular complexity index is 1440. The zero-order chi connectivity index (χ0) is 20.9. The lowest BCUT2D eigenvalue weighted by atomic mass is 10.00. The van der Waals surface area contributed by atoms with Crippen molar-refractivity contribution in [3.05, 3.63) is 75.7 Å². The van der Waals surface area contributed by atoms with Crippen LogP contribution in [0.25, 0.3) is 20.5 Å². The number of amides is 1. The monoisotopic (exact) mass is 444 g/mol. The van der Waals surface area contributed by atoms with Gasteiger partial charge in [-0.25, -0.2) is 4.98 Å². The fourth-order valence-corrected chi connectivity index (χ4v) is 6.02. The van der Waals surface area contributed by atoms with Crippen LogP contribution in [0.5, 0.6) is 0 Å². The third kappa shape index (κ3) is 3.10. The summed E-state index contributed by atoms with van der Waals surface area (Å²) in [6.45, 7) is 1.21. The Morgan fingerprint density at radius 1 is 1.16 bits per heavy atom. The van der Waals surface area contributed by atoms with Crippen LogP contribution in [-0.4, -0.2) is 27.4 Å². The minimum absolute atomic E-state index is 0.0591. The molecule has 8 heteroatoms. The Balaban J connectivity index is 1.40. The molecule has 0 unspecified atom stereocenters. The molecule has 2 aliphatic heterocycles. The summed E-state index contributed by atoms with van der Waals surface area (Å²) in [4.78, 5) is 35.5. The van der Waals surface area contributed by atoms with Gasteiger partial charge in [-0.3, -0.25) is 19.1 Å². The minimum atomic E-state index is -0.443. The van der Waals surface area contributed by atoms with Crippen molar-refractivity contribution >= 4 is 51.0 Å². The predicted molar refractivity (Wildman–Crippen MR) is 126 cm³/mol. The summed E-state index contributed by atoms with van der Waals surface area (Å²) < 4.78 is 2.78. The van der Waals surface area contributed by atoms with Gasteiger partial charge in [-0.2, -0.15) is 0 Å². The van der Waals surface area contributed by atoms with Gasteiger partial charge in [0.05, 0.1) is 6.54 Å². The topological polar surface area (TPSA) is 76.3 Å². The summed E-state index contributed by atoms with van der Waals surface area (Å²) in [6, 6.07) is 14.3. The number of fused-ring (bicyclic) bond motifs is 3. The fraction of sp³-hybridized carbons (Fsp3) is 0.130. The third-order valence-electron chi connectivity index (χ3n) is 5.51. The highest BCUT2D eigenvalue weighted by Crippen LogP contribution is 2.39. The van der Waals surface area contributed by atoms with E-state index in [1.807, 2.05) is 30.5 Å². The molecule has 1 amide bonds. The van der Waals surface area contributed by atoms with E-state index in [4.69, 9.17) is 0 Å². The van der Waals surface area contributed by atoms with Crippen molar-refractivity contribution in [1.29, 1.82) is 0 Å². The molecule has 152 valence electrons. The van der Waals surface area contributed by atoms with E-state index in [9.17, 15) is 9.59 Å². The first-order valence-corrected chi connectivity index (χ1v) is 11.7. The SMILES string of the molecule is O=C(Nc1cc2c(c(-c3cc4ccccc4s3)c1)CN=C2)c1cnc2n(c1=O)CCS2. The Hall–Kier alpha value is -3.23. The molecule has 0 fully saturated rings. The van der Waals surface area contributed by atoms with E-state index < -0.39 is 5.91 Å². The molecular formula is C23H16N4O2S2. The maximum Gasteiger partial charge on any atom is 0.267 e. The summed E-state index contributed by atoms with van der Waals surface area (Å²) in [5, 5.41) is 4.77. The maximum absolute atomic E-state index is 12.9. The molecule has 2 aromatic heterocycles. The summed E-state index contributed by atoms with van der Waals surface area (Å²) in [5.74, 6) is 0.359. The number of thioether (sulfide) groups is 1. The summed E-state index contributed by atoms with van der Waals surface area (Å²) >= 11 is 3.25. The molecule has 0 saturated heterocycles. The molecule has 2 aromatic carbocycles. The van der Waals surface area contributed by atoms with Crippen molar-refractivity contribution in [2.75, 3.05) is 11.1 Å². The molecule has 0 saturated carbocycles. The van der Waals surface area contributed by atoms with Crippen molar-refractivity contribution in [2.45, 2.75) is 18.2 Å². The summed E-state index contributed by atoms with van der Waals surface area (Å²) in [6.07, 6.45) is 3.22. The smallest absolute Gasteiger partial charge is 0.267 e. The van der Waals surface area contributed by atoms with Gasteiger partial charge >= 0.3 is 0 Å². The standard InChI is InChI=1S/C23H16N4O2S2/c28-21(18-12-25-23-27(22(18)29)5-6-30-23)26-15-7-14-10-24-11-17(14)16(9-15)20-8-13-3-1-2-4-19(13)31-20/h1-4,7-10,12H,5-6,11H2,(H,26,28). The van der Waals surface area contributed by atoms with E-state index in [0.717, 1.165) is 27.3 Å². The number of nitrogens with one attached hydrogen (secondary N) is 1. The Labute approximate surface area is 185 Å². The molecule has 0 radical (unpaired) electrons. The molecule has 1 N–H and O–H groups in total. The highest BCUT2D eigenvalue weighted by Gasteiger charge is 2.22. The van der Waals surface area contributed by atoms with Gasteiger partial charge in [0.1, 0.15) is 5.56 Å². The quantitative estimate of drug-likeness (QED) is 0.475. The average Bonchev–Trinajstić information content (AvgIpc) is 3.51. The predicted octanol–water partition coefficient (Wildman–Crippen LogP) is 4.42. The molecule has 0 aliphatic carbocycles. The number of carbonyl (C=O) groups excluding carboxylic acids is 1. The van der Waals surface area contributed by atoms with E-state index in [0.29, 0.717) is 23.9 Å². The van der Waals surface area contributed by atoms with Gasteiger partial charge in [0, 0.05) is 45.5 Å². The maximum atomic E-state index is 12.9. The number of anilines is 1. The van der Waals surface area contributed by atoms with Gasteiger partial charge in [0.15, 0.2) is 5.16 Å². The van der Waals surface area contributed by atoms with Crippen LogP contribution in [0.4, 0.5) is 5.69 Å². The molecule has 2 aliphatic rings. The first-order valence-electron chi connectivity index (χ1n) is 9.87. The van der Waals surface area contributed by atoms with Gasteiger partial charge in [-0.15, -0.1) is 11.3 Å². The molecule has 0 spiro atoms. The van der Waals surface area contributed by atoms with Gasteiger partial charge < -0.3 is 5.32 Å². The first kappa shape index (κ1) is 18.5. The molecule has 0 atom stereocenters. The summed E-state index contributed by atoms with van der Waals surface area (Å²) in [7, 11) is 0. The number of carbonyl (C=O) groups is 1. The molecular weight excluding hydrogens is 428 g/mol. The van der Waals surface area contributed by atoms with Crippen molar-refractivity contribution in [3.8, 4) is 10.4 Å². The van der Waals surface area contributed by atoms with Crippen LogP contribution in [0.15, 0.2) is 63.6 Å². The molecule has 0 bridgehead atoms. The van der Waals surface area contributed by atoms with Gasteiger partial charge in [0.2, 0.25) is 0 Å². The lowest BCUT2D eigenvalue weighted by molar-refractivity contribution is 0.102. The number of nitrogens with zero attached hydrogens (tertiary/aromatic N) is 3. The number of aliphatic imine (C=N–C) groups is 1. The van der Waals surface area contributed by atoms with E-state index in [1.54, 1.807) is 15.9 Å². The second-order valence-electron chi connectivity index (χ2n) is 7.42. The van der Waals surface area contributed by atoms with E-state index in [-0.39, 0.29) is 11.1 Å². The highest BCUT2D eigenvalue weighted by molar-refractivity contribution is 7.99. The number of benzene rings is 2. The normalized spacial score (nSPS) is 14.1. The fourth-order valence-electron chi connectivity index (χ4n) is 4.00. The summed E-state index contributed by atoms with van der Waals surface area (Å²) in [5.41, 5.74) is 3.62. The second-order valence-corrected chi connectivity index (χ2v) is 9.57. The zero-order valence-corrected chi connectivity index (χ0v) is 17.9. The molecule has 31 heavy (non-hydrogen) atoms. The molecule has 4 heterocycles. The lowest BCUT2D eigenvalue weighted by Crippen LogP contribution is -2.29. The number of hydrogen-bond donors (Lipinski definition) is 1. The Morgan fingerprint density at radius 2 is 2.06 bits per heavy atom. The van der Waals surface area contributed by atoms with Crippen LogP contribution >= 0.6 is 23.1 Å². The Morgan fingerprint density at radius 3 is 2.97 bits per heavy atom. The van der Waals surface area contributed by atoms with Gasteiger partial charge in [-0.1, -0.05) is 30.0 Å². The third-order valence-corrected chi connectivity index (χ3v) is 7.63. The van der Waals surface area contributed by atoms with Crippen LogP contribution in [0.2, 0.25) is 0 Å². The van der Waals surface area contributed by atoms with Crippen molar-refractivity contribution in [1.82, 2.24) is 9.55 Å². The molecule has 6 rings (SSSR count). The first-order chi connectivity index (χ1) is 15.2. The van der Waals surface area contributed by atoms with E-state index in [2.05, 4.69) is 33.5 Å². The van der Waals surface area contributed by atoms with Crippen molar-refractivity contribution in [2.24, 2.45) is 4.99 Å². The molecule has 6 nitrogen and oxygen atoms in total. The average molecular weight is 445 g/mol. The van der Waals surface area contributed by atoms with Crippen molar-refractivity contribution in [3.63, 3.8) is 0 Å². The Kier molecular flexibility index (Phi) is 4.29. The van der Waals surface area contributed by atoms with Gasteiger partial charge in [-0.05, 0) is 40.8 Å². The number of hydrogen-bond acceptors (Lipinski definition) is 6. The van der Waals surface area contributed by atoms with Crippen LogP contribution in [0.3, 0.4) is 0 Å². The number of thiophene rings is 1. The minimum Gasteiger partial charge on any atom is -0.322 e. The largest absolute Gasteiger partial charge is 0.322 e. The van der Waals surface area contributed by atoms with Crippen LogP contribution in [-0.2, 0) is 13.1 Å². The molecule has 4 aromatic rings. The van der Waals surface area contributed by atoms with Gasteiger partial charge in [0.25, 0.3) is 11.5 Å². The van der Waals surface area contributed by atoms with Crippen LogP contribution in [0, 0.1) is 0 Å². The second kappa shape index (κ2) is 7.18. The number of rotatable bonds is 3. The number of aromatic nitrogens is 2. The van der Waals surface area contributed by atoms with Crippen molar-refractivity contribution < 1.29 is 4.79 Å². The van der Waals surface area contributed by atoms with Crippen LogP contribution < -0.4 is 10.9 Å². The lowest BCUT2D eigenvalue weighted by Gasteiger charge is -2.12. The highest BCUT2D eigenvalue weighted by atomic mass is 32.2. The zero-order valence-electron chi connectivity index (χ0n) is 16.3. The van der Waals surface area contributed by atoms with E-state index in [1.165, 1.54) is 28.0 Å².